The first-order chi connectivity index (χ1) is 12.6. The first-order valence-corrected chi connectivity index (χ1v) is 9.37. The summed E-state index contributed by atoms with van der Waals surface area (Å²) in [4.78, 5) is 18.3. The Hall–Kier alpha value is -2.11. The molecule has 1 aliphatic heterocycles. The molecule has 26 heavy (non-hydrogen) atoms. The van der Waals surface area contributed by atoms with Crippen molar-refractivity contribution in [2.45, 2.75) is 37.5 Å². The number of nitrogens with one attached hydrogen (secondary N) is 1. The summed E-state index contributed by atoms with van der Waals surface area (Å²) < 4.78 is 18.1. The summed E-state index contributed by atoms with van der Waals surface area (Å²) in [6.07, 6.45) is 4.98. The van der Waals surface area contributed by atoms with Crippen LogP contribution in [-0.4, -0.2) is 50.6 Å². The van der Waals surface area contributed by atoms with E-state index in [-0.39, 0.29) is 23.1 Å². The fraction of sp³-hybridized carbons (Fsp3) is 0.600. The van der Waals surface area contributed by atoms with E-state index in [9.17, 15) is 9.18 Å². The van der Waals surface area contributed by atoms with Crippen LogP contribution in [0.15, 0.2) is 29.3 Å². The van der Waals surface area contributed by atoms with Crippen LogP contribution in [0.2, 0.25) is 0 Å². The van der Waals surface area contributed by atoms with Gasteiger partial charge in [0.2, 0.25) is 0 Å². The standard InChI is InChI=1S/C20H28FN3O2/c1-22-19(24-12-8-15(9-13-24)18(25)26-2)23-14-20(10-3-11-20)16-4-6-17(21)7-5-16/h4-7,15H,3,8-14H2,1-2H3,(H,22,23). The lowest BCUT2D eigenvalue weighted by atomic mass is 9.64. The lowest BCUT2D eigenvalue weighted by Gasteiger charge is -2.44. The van der Waals surface area contributed by atoms with Crippen LogP contribution in [0.25, 0.3) is 0 Å². The van der Waals surface area contributed by atoms with Crippen molar-refractivity contribution in [3.63, 3.8) is 0 Å². The summed E-state index contributed by atoms with van der Waals surface area (Å²) >= 11 is 0. The Morgan fingerprint density at radius 2 is 1.96 bits per heavy atom. The maximum absolute atomic E-state index is 13.2. The number of hydrogen-bond acceptors (Lipinski definition) is 3. The van der Waals surface area contributed by atoms with Gasteiger partial charge < -0.3 is 15.0 Å². The molecule has 1 saturated heterocycles. The van der Waals surface area contributed by atoms with E-state index in [1.54, 1.807) is 19.2 Å². The van der Waals surface area contributed by atoms with Crippen LogP contribution in [0.4, 0.5) is 4.39 Å². The van der Waals surface area contributed by atoms with Crippen molar-refractivity contribution in [2.75, 3.05) is 33.8 Å². The van der Waals surface area contributed by atoms with E-state index in [0.717, 1.165) is 51.3 Å². The Labute approximate surface area is 154 Å². The predicted molar refractivity (Wildman–Crippen MR) is 99.6 cm³/mol. The predicted octanol–water partition coefficient (Wildman–Crippen LogP) is 2.71. The number of hydrogen-bond donors (Lipinski definition) is 1. The molecule has 0 spiro atoms. The Bertz CT molecular complexity index is 648. The minimum Gasteiger partial charge on any atom is -0.469 e. The highest BCUT2D eigenvalue weighted by molar-refractivity contribution is 5.80. The molecule has 0 atom stereocenters. The number of likely N-dealkylation sites (tertiary alicyclic amines) is 1. The van der Waals surface area contributed by atoms with E-state index in [4.69, 9.17) is 4.74 Å². The number of halogens is 1. The summed E-state index contributed by atoms with van der Waals surface area (Å²) in [6, 6.07) is 6.89. The van der Waals surface area contributed by atoms with Crippen LogP contribution in [0.1, 0.15) is 37.7 Å². The Kier molecular flexibility index (Phi) is 5.79. The second-order valence-corrected chi connectivity index (χ2v) is 7.33. The van der Waals surface area contributed by atoms with Gasteiger partial charge in [-0.2, -0.15) is 0 Å². The second kappa shape index (κ2) is 8.06. The van der Waals surface area contributed by atoms with E-state index in [1.807, 2.05) is 12.1 Å². The molecule has 5 nitrogen and oxygen atoms in total. The Morgan fingerprint density at radius 3 is 2.46 bits per heavy atom. The second-order valence-electron chi connectivity index (χ2n) is 7.33. The molecule has 142 valence electrons. The van der Waals surface area contributed by atoms with Crippen LogP contribution in [-0.2, 0) is 14.9 Å². The number of methoxy groups -OCH3 is 1. The van der Waals surface area contributed by atoms with E-state index < -0.39 is 0 Å². The van der Waals surface area contributed by atoms with Crippen LogP contribution in [0.3, 0.4) is 0 Å². The zero-order chi connectivity index (χ0) is 18.6. The quantitative estimate of drug-likeness (QED) is 0.509. The molecule has 1 aliphatic carbocycles. The zero-order valence-corrected chi connectivity index (χ0v) is 15.6. The van der Waals surface area contributed by atoms with Crippen LogP contribution >= 0.6 is 0 Å². The highest BCUT2D eigenvalue weighted by Crippen LogP contribution is 2.43. The number of ether oxygens (including phenoxy) is 1. The molecule has 6 heteroatoms. The molecular weight excluding hydrogens is 333 g/mol. The molecule has 0 bridgehead atoms. The maximum atomic E-state index is 13.2. The van der Waals surface area contributed by atoms with Gasteiger partial charge in [0.05, 0.1) is 13.0 Å². The van der Waals surface area contributed by atoms with Crippen molar-refractivity contribution in [3.8, 4) is 0 Å². The first-order valence-electron chi connectivity index (χ1n) is 9.37. The number of aliphatic imine (C=N–C) groups is 1. The lowest BCUT2D eigenvalue weighted by molar-refractivity contribution is -0.146. The minimum atomic E-state index is -0.194. The summed E-state index contributed by atoms with van der Waals surface area (Å²) in [7, 11) is 3.24. The molecule has 1 N–H and O–H groups in total. The third-order valence-corrected chi connectivity index (χ3v) is 5.89. The van der Waals surface area contributed by atoms with Gasteiger partial charge in [-0.15, -0.1) is 0 Å². The number of nitrogens with zero attached hydrogens (tertiary/aromatic N) is 2. The highest BCUT2D eigenvalue weighted by atomic mass is 19.1. The van der Waals surface area contributed by atoms with Gasteiger partial charge in [0, 0.05) is 32.1 Å². The van der Waals surface area contributed by atoms with Gasteiger partial charge >= 0.3 is 5.97 Å². The van der Waals surface area contributed by atoms with Gasteiger partial charge in [-0.05, 0) is 43.4 Å². The van der Waals surface area contributed by atoms with Crippen molar-refractivity contribution < 1.29 is 13.9 Å². The minimum absolute atomic E-state index is 0.00783. The molecule has 0 radical (unpaired) electrons. The maximum Gasteiger partial charge on any atom is 0.308 e. The zero-order valence-electron chi connectivity index (χ0n) is 15.6. The number of carbonyl (C=O) groups is 1. The monoisotopic (exact) mass is 361 g/mol. The lowest BCUT2D eigenvalue weighted by Crippen LogP contribution is -2.52. The highest BCUT2D eigenvalue weighted by Gasteiger charge is 2.39. The van der Waals surface area contributed by atoms with Gasteiger partial charge in [0.1, 0.15) is 5.82 Å². The average Bonchev–Trinajstić information content (AvgIpc) is 2.65. The van der Waals surface area contributed by atoms with Crippen molar-refractivity contribution in [1.29, 1.82) is 0 Å². The summed E-state index contributed by atoms with van der Waals surface area (Å²) in [6.45, 7) is 2.38. The molecule has 2 aliphatic rings. The first kappa shape index (κ1) is 18.7. The molecule has 0 amide bonds. The topological polar surface area (TPSA) is 53.9 Å². The third kappa shape index (κ3) is 3.84. The van der Waals surface area contributed by atoms with Gasteiger partial charge in [0.25, 0.3) is 0 Å². The van der Waals surface area contributed by atoms with E-state index in [1.165, 1.54) is 19.1 Å². The smallest absolute Gasteiger partial charge is 0.308 e. The Balaban J connectivity index is 1.59. The van der Waals surface area contributed by atoms with E-state index >= 15 is 0 Å². The van der Waals surface area contributed by atoms with Crippen molar-refractivity contribution in [1.82, 2.24) is 10.2 Å². The number of rotatable bonds is 4. The number of benzene rings is 1. The number of carbonyl (C=O) groups excluding carboxylic acids is 1. The molecular formula is C20H28FN3O2. The number of esters is 1. The van der Waals surface area contributed by atoms with Gasteiger partial charge in [-0.25, -0.2) is 4.39 Å². The molecule has 1 aromatic rings. The summed E-state index contributed by atoms with van der Waals surface area (Å²) in [5, 5.41) is 3.52. The molecule has 1 saturated carbocycles. The van der Waals surface area contributed by atoms with Crippen molar-refractivity contribution in [2.24, 2.45) is 10.9 Å². The van der Waals surface area contributed by atoms with Crippen LogP contribution in [0, 0.1) is 11.7 Å². The number of piperidine rings is 1. The fourth-order valence-corrected chi connectivity index (χ4v) is 4.05. The molecule has 0 aromatic heterocycles. The fourth-order valence-electron chi connectivity index (χ4n) is 4.05. The normalized spacial score (nSPS) is 20.4. The molecule has 0 unspecified atom stereocenters. The Morgan fingerprint density at radius 1 is 1.31 bits per heavy atom. The van der Waals surface area contributed by atoms with Crippen LogP contribution < -0.4 is 5.32 Å². The number of guanidine groups is 1. The van der Waals surface area contributed by atoms with Gasteiger partial charge in [0.15, 0.2) is 5.96 Å². The van der Waals surface area contributed by atoms with Crippen LogP contribution in [0.5, 0.6) is 0 Å². The third-order valence-electron chi connectivity index (χ3n) is 5.89. The average molecular weight is 361 g/mol. The molecule has 1 aromatic carbocycles. The van der Waals surface area contributed by atoms with E-state index in [2.05, 4.69) is 15.2 Å². The summed E-state index contributed by atoms with van der Waals surface area (Å²) in [5.41, 5.74) is 1.26. The molecule has 2 fully saturated rings. The largest absolute Gasteiger partial charge is 0.469 e. The van der Waals surface area contributed by atoms with Gasteiger partial charge in [-0.1, -0.05) is 18.6 Å². The van der Waals surface area contributed by atoms with Gasteiger partial charge in [-0.3, -0.25) is 9.79 Å². The van der Waals surface area contributed by atoms with Crippen molar-refractivity contribution in [3.05, 3.63) is 35.6 Å². The molecule has 3 rings (SSSR count). The molecule has 1 heterocycles. The van der Waals surface area contributed by atoms with E-state index in [0.29, 0.717) is 0 Å². The SMILES string of the molecule is CN=C(NCC1(c2ccc(F)cc2)CCC1)N1CCC(C(=O)OC)CC1. The van der Waals surface area contributed by atoms with Crippen molar-refractivity contribution >= 4 is 11.9 Å². The summed E-state index contributed by atoms with van der Waals surface area (Å²) in [5.74, 6) is 0.561.